The Hall–Kier alpha value is -1.42. The molecule has 9 heteroatoms. The van der Waals surface area contributed by atoms with Crippen LogP contribution in [0.4, 0.5) is 5.13 Å². The van der Waals surface area contributed by atoms with Gasteiger partial charge in [0.25, 0.3) is 0 Å². The number of nitrogens with zero attached hydrogens (tertiary/aromatic N) is 2. The van der Waals surface area contributed by atoms with Crippen molar-refractivity contribution in [3.8, 4) is 0 Å². The number of rotatable bonds is 10. The first-order chi connectivity index (χ1) is 18.0. The summed E-state index contributed by atoms with van der Waals surface area (Å²) < 4.78 is 26.6. The lowest BCUT2D eigenvalue weighted by Gasteiger charge is -2.25. The van der Waals surface area contributed by atoms with Gasteiger partial charge in [-0.15, -0.1) is 11.8 Å². The van der Waals surface area contributed by atoms with Crippen molar-refractivity contribution in [1.82, 2.24) is 9.88 Å². The third kappa shape index (κ3) is 5.72. The van der Waals surface area contributed by atoms with Gasteiger partial charge in [-0.2, -0.15) is 0 Å². The molecule has 1 saturated heterocycles. The Bertz CT molecular complexity index is 1210. The second-order valence-corrected chi connectivity index (χ2v) is 15.9. The van der Waals surface area contributed by atoms with E-state index < -0.39 is 15.3 Å². The van der Waals surface area contributed by atoms with Crippen molar-refractivity contribution in [2.75, 3.05) is 30.7 Å². The Kier molecular flexibility index (Phi) is 8.58. The van der Waals surface area contributed by atoms with Crippen molar-refractivity contribution in [2.45, 2.75) is 91.4 Å². The van der Waals surface area contributed by atoms with Crippen molar-refractivity contribution >= 4 is 44.0 Å². The highest BCUT2D eigenvalue weighted by Crippen LogP contribution is 2.61. The lowest BCUT2D eigenvalue weighted by molar-refractivity contribution is -0.119. The number of sulfone groups is 1. The lowest BCUT2D eigenvalue weighted by Crippen LogP contribution is -2.32. The molecule has 0 bridgehead atoms. The van der Waals surface area contributed by atoms with Gasteiger partial charge in [0.2, 0.25) is 5.91 Å². The first-order valence-electron chi connectivity index (χ1n) is 13.9. The van der Waals surface area contributed by atoms with Gasteiger partial charge in [0.1, 0.15) is 0 Å². The summed E-state index contributed by atoms with van der Waals surface area (Å²) in [6.07, 6.45) is 13.0. The Morgan fingerprint density at radius 1 is 1.05 bits per heavy atom. The summed E-state index contributed by atoms with van der Waals surface area (Å²) >= 11 is 3.37. The molecule has 1 amide bonds. The first kappa shape index (κ1) is 28.1. The maximum atomic E-state index is 13.9. The molecule has 6 rings (SSSR count). The van der Waals surface area contributed by atoms with Crippen LogP contribution in [0.25, 0.3) is 0 Å². The Morgan fingerprint density at radius 2 is 1.76 bits per heavy atom. The number of likely N-dealkylation sites (tertiary alicyclic amines) is 1. The zero-order valence-corrected chi connectivity index (χ0v) is 23.8. The molecule has 0 unspecified atom stereocenters. The van der Waals surface area contributed by atoms with E-state index >= 15 is 0 Å². The third-order valence-electron chi connectivity index (χ3n) is 8.86. The highest BCUT2D eigenvalue weighted by molar-refractivity contribution is 8.01. The molecule has 1 N–H and O–H groups in total. The quantitative estimate of drug-likeness (QED) is 0.331. The minimum atomic E-state index is -3.24. The highest BCUT2D eigenvalue weighted by atomic mass is 32.2. The fraction of sp³-hybridized carbons (Fsp3) is 0.655. The Balaban J connectivity index is 0.00000294. The van der Waals surface area contributed by atoms with Gasteiger partial charge in [0, 0.05) is 12.3 Å². The van der Waals surface area contributed by atoms with Crippen LogP contribution in [0.15, 0.2) is 39.6 Å². The van der Waals surface area contributed by atoms with Crippen LogP contribution in [0.2, 0.25) is 0 Å². The monoisotopic (exact) mass is 575 g/mol. The zero-order chi connectivity index (χ0) is 25.5. The molecule has 1 aromatic carbocycles. The summed E-state index contributed by atoms with van der Waals surface area (Å²) in [6.45, 7) is 3.52. The lowest BCUT2D eigenvalue weighted by atomic mass is 9.80. The maximum absolute atomic E-state index is 13.9. The van der Waals surface area contributed by atoms with Crippen LogP contribution in [0, 0.1) is 11.8 Å². The second-order valence-electron chi connectivity index (χ2n) is 11.3. The summed E-state index contributed by atoms with van der Waals surface area (Å²) in [6, 6.07) is 7.26. The third-order valence-corrected chi connectivity index (χ3v) is 13.2. The molecule has 1 aliphatic heterocycles. The average Bonchev–Trinajstić information content (AvgIpc) is 3.81. The number of thiazole rings is 1. The minimum absolute atomic E-state index is 0. The summed E-state index contributed by atoms with van der Waals surface area (Å²) in [5.74, 6) is 1.93. The number of amides is 1. The van der Waals surface area contributed by atoms with E-state index in [0.29, 0.717) is 21.9 Å². The molecule has 38 heavy (non-hydrogen) atoms. The first-order valence-corrected chi connectivity index (χ1v) is 17.3. The van der Waals surface area contributed by atoms with Gasteiger partial charge in [0.05, 0.1) is 26.0 Å². The van der Waals surface area contributed by atoms with Crippen LogP contribution in [-0.4, -0.2) is 54.8 Å². The molecule has 6 nitrogen and oxygen atoms in total. The largest absolute Gasteiger partial charge is 0.303 e. The van der Waals surface area contributed by atoms with E-state index in [0.717, 1.165) is 41.3 Å². The van der Waals surface area contributed by atoms with Crippen molar-refractivity contribution in [1.29, 1.82) is 0 Å². The van der Waals surface area contributed by atoms with Gasteiger partial charge in [0.15, 0.2) is 15.0 Å². The van der Waals surface area contributed by atoms with E-state index in [4.69, 9.17) is 0 Å². The predicted octanol–water partition coefficient (Wildman–Crippen LogP) is 6.38. The van der Waals surface area contributed by atoms with Crippen LogP contribution >= 0.6 is 23.1 Å². The molecule has 2 heterocycles. The highest BCUT2D eigenvalue weighted by Gasteiger charge is 2.63. The molecule has 0 radical (unpaired) electrons. The number of thioether (sulfide) groups is 1. The van der Waals surface area contributed by atoms with Crippen LogP contribution in [0.5, 0.6) is 0 Å². The van der Waals surface area contributed by atoms with E-state index in [1.54, 1.807) is 23.5 Å². The number of carbonyl (C=O) groups excluding carboxylic acids is 1. The fourth-order valence-electron chi connectivity index (χ4n) is 6.50. The second kappa shape index (κ2) is 11.6. The molecule has 3 aliphatic carbocycles. The fourth-order valence-corrected chi connectivity index (χ4v) is 10.1. The number of hydrogen-bond acceptors (Lipinski definition) is 7. The Labute approximate surface area is 236 Å². The smallest absolute Gasteiger partial charge is 0.237 e. The van der Waals surface area contributed by atoms with E-state index in [-0.39, 0.29) is 18.6 Å². The van der Waals surface area contributed by atoms with E-state index in [2.05, 4.69) is 15.2 Å². The van der Waals surface area contributed by atoms with Crippen molar-refractivity contribution in [3.05, 3.63) is 36.0 Å². The summed E-state index contributed by atoms with van der Waals surface area (Å²) in [5.41, 5.74) is 0.366. The minimum Gasteiger partial charge on any atom is -0.303 e. The van der Waals surface area contributed by atoms with Gasteiger partial charge >= 0.3 is 0 Å². The van der Waals surface area contributed by atoms with Gasteiger partial charge in [-0.1, -0.05) is 63.0 Å². The van der Waals surface area contributed by atoms with Gasteiger partial charge in [-0.25, -0.2) is 13.4 Å². The zero-order valence-electron chi connectivity index (χ0n) is 21.4. The van der Waals surface area contributed by atoms with Crippen LogP contribution in [0.3, 0.4) is 0 Å². The molecule has 2 aromatic rings. The van der Waals surface area contributed by atoms with E-state index in [1.165, 1.54) is 58.0 Å². The molecule has 2 atom stereocenters. The molecule has 1 aromatic heterocycles. The number of benzene rings is 1. The number of anilines is 1. The van der Waals surface area contributed by atoms with Gasteiger partial charge in [-0.3, -0.25) is 4.79 Å². The molecule has 3 saturated carbocycles. The number of carbonyl (C=O) groups is 1. The Morgan fingerprint density at radius 3 is 2.45 bits per heavy atom. The molecular weight excluding hydrogens is 535 g/mol. The van der Waals surface area contributed by atoms with Crippen LogP contribution < -0.4 is 5.32 Å². The van der Waals surface area contributed by atoms with E-state index in [1.807, 2.05) is 30.1 Å². The molecule has 0 spiro atoms. The average molecular weight is 576 g/mol. The number of aromatic nitrogens is 1. The summed E-state index contributed by atoms with van der Waals surface area (Å²) in [5, 5.41) is 3.60. The van der Waals surface area contributed by atoms with Crippen LogP contribution in [0.1, 0.15) is 77.2 Å². The summed E-state index contributed by atoms with van der Waals surface area (Å²) in [4.78, 5) is 21.3. The molecule has 4 aliphatic rings. The number of hydrogen-bond donors (Lipinski definition) is 1. The van der Waals surface area contributed by atoms with Crippen molar-refractivity contribution < 1.29 is 13.2 Å². The molecule has 208 valence electrons. The van der Waals surface area contributed by atoms with E-state index in [9.17, 15) is 13.2 Å². The summed E-state index contributed by atoms with van der Waals surface area (Å²) in [7, 11) is -3.24. The molecular formula is C29H41N3O3S3. The SMILES string of the molecule is C.O=C(Nc1ncc(SCCN2CCCC2)s1)[C@]1(c2ccc(S(=O)(=O)C3CC3)cc2)C[C@H]1C1CCCCC1. The van der Waals surface area contributed by atoms with Crippen LogP contribution in [-0.2, 0) is 20.0 Å². The van der Waals surface area contributed by atoms with Gasteiger partial charge < -0.3 is 10.2 Å². The van der Waals surface area contributed by atoms with Crippen molar-refractivity contribution in [3.63, 3.8) is 0 Å². The maximum Gasteiger partial charge on any atom is 0.237 e. The molecule has 4 fully saturated rings. The predicted molar refractivity (Wildman–Crippen MR) is 157 cm³/mol. The van der Waals surface area contributed by atoms with Crippen molar-refractivity contribution in [2.24, 2.45) is 11.8 Å². The van der Waals surface area contributed by atoms with Gasteiger partial charge in [-0.05, 0) is 74.7 Å². The normalized spacial score (nSPS) is 26.2. The standard InChI is InChI=1S/C28H37N3O3S3.CH4/c32-26(30-27-29-19-25(36-27)35-17-16-31-14-4-5-15-31)28(18-24(28)20-6-2-1-3-7-20)21-8-10-22(11-9-21)37(33,34)23-12-13-23;/h8-11,19-20,23-24H,1-7,12-18H2,(H,29,30,32);1H4/t24-,28-;/m0./s1. The number of nitrogens with one attached hydrogen (secondary N) is 1. The topological polar surface area (TPSA) is 79.4 Å².